The summed E-state index contributed by atoms with van der Waals surface area (Å²) in [6.45, 7) is 7.13. The molecule has 168 valence electrons. The van der Waals surface area contributed by atoms with Gasteiger partial charge in [0.05, 0.1) is 5.39 Å². The Balaban J connectivity index is 1.24. The van der Waals surface area contributed by atoms with Crippen molar-refractivity contribution in [2.75, 3.05) is 37.7 Å². The van der Waals surface area contributed by atoms with Gasteiger partial charge in [0, 0.05) is 43.3 Å². The molecule has 0 radical (unpaired) electrons. The maximum Gasteiger partial charge on any atom is 0.344 e. The van der Waals surface area contributed by atoms with Crippen LogP contribution in [-0.4, -0.2) is 43.6 Å². The third-order valence-corrected chi connectivity index (χ3v) is 6.50. The topological polar surface area (TPSA) is 63.0 Å². The van der Waals surface area contributed by atoms with E-state index in [4.69, 9.17) is 9.15 Å². The predicted molar refractivity (Wildman–Crippen MR) is 130 cm³/mol. The van der Waals surface area contributed by atoms with Gasteiger partial charge in [0.2, 0.25) is 0 Å². The molecule has 0 aliphatic carbocycles. The molecular formula is C27H26N2O4. The van der Waals surface area contributed by atoms with Gasteiger partial charge in [-0.15, -0.1) is 0 Å². The normalized spacial score (nSPS) is 14.1. The molecule has 1 amide bonds. The van der Waals surface area contributed by atoms with E-state index in [0.29, 0.717) is 29.8 Å². The Hall–Kier alpha value is -3.80. The number of fused-ring (bicyclic) bond motifs is 3. The number of carbonyl (C=O) groups excluding carboxylic acids is 1. The summed E-state index contributed by atoms with van der Waals surface area (Å²) in [5.74, 6) is 0.457. The lowest BCUT2D eigenvalue weighted by molar-refractivity contribution is -0.133. The lowest BCUT2D eigenvalue weighted by atomic mass is 10.1. The SMILES string of the molecule is Cc1cccc(N2CCN(C(=O)COc3ccc4c(c3)oc(=O)c3ccccc34)CC2)c1C. The van der Waals surface area contributed by atoms with Crippen LogP contribution in [0.15, 0.2) is 69.9 Å². The molecule has 1 fully saturated rings. The van der Waals surface area contributed by atoms with E-state index in [1.807, 2.05) is 29.2 Å². The van der Waals surface area contributed by atoms with Crippen molar-refractivity contribution in [2.45, 2.75) is 13.8 Å². The summed E-state index contributed by atoms with van der Waals surface area (Å²) >= 11 is 0. The molecule has 0 saturated carbocycles. The molecule has 33 heavy (non-hydrogen) atoms. The average molecular weight is 443 g/mol. The van der Waals surface area contributed by atoms with Crippen LogP contribution in [0, 0.1) is 13.8 Å². The van der Waals surface area contributed by atoms with Crippen LogP contribution in [0.4, 0.5) is 5.69 Å². The molecule has 0 unspecified atom stereocenters. The molecule has 1 saturated heterocycles. The fraction of sp³-hybridized carbons (Fsp3) is 0.259. The zero-order chi connectivity index (χ0) is 22.9. The van der Waals surface area contributed by atoms with Crippen LogP contribution in [0.2, 0.25) is 0 Å². The minimum atomic E-state index is -0.381. The molecule has 5 rings (SSSR count). The quantitative estimate of drug-likeness (QED) is 0.349. The summed E-state index contributed by atoms with van der Waals surface area (Å²) in [5, 5.41) is 2.23. The van der Waals surface area contributed by atoms with Crippen LogP contribution in [0.3, 0.4) is 0 Å². The Bertz CT molecular complexity index is 1400. The number of hydrogen-bond donors (Lipinski definition) is 0. The summed E-state index contributed by atoms with van der Waals surface area (Å²) in [6.07, 6.45) is 0. The smallest absolute Gasteiger partial charge is 0.344 e. The van der Waals surface area contributed by atoms with E-state index in [-0.39, 0.29) is 18.1 Å². The van der Waals surface area contributed by atoms with Gasteiger partial charge in [-0.3, -0.25) is 4.79 Å². The molecule has 6 heteroatoms. The zero-order valence-electron chi connectivity index (χ0n) is 18.8. The first-order valence-electron chi connectivity index (χ1n) is 11.2. The lowest BCUT2D eigenvalue weighted by Gasteiger charge is -2.37. The number of carbonyl (C=O) groups is 1. The minimum Gasteiger partial charge on any atom is -0.484 e. The number of nitrogens with zero attached hydrogens (tertiary/aromatic N) is 2. The van der Waals surface area contributed by atoms with E-state index in [2.05, 4.69) is 36.9 Å². The number of piperazine rings is 1. The standard InChI is InChI=1S/C27H26N2O4/c1-18-6-5-9-24(19(18)2)28-12-14-29(15-13-28)26(30)17-32-20-10-11-22-21-7-3-4-8-23(21)27(31)33-25(22)16-20/h3-11,16H,12-15,17H2,1-2H3. The minimum absolute atomic E-state index is 0.0457. The Morgan fingerprint density at radius 3 is 2.45 bits per heavy atom. The Labute approximate surface area is 192 Å². The summed E-state index contributed by atoms with van der Waals surface area (Å²) in [5.41, 5.74) is 3.87. The van der Waals surface area contributed by atoms with Crippen molar-refractivity contribution >= 4 is 33.3 Å². The highest BCUT2D eigenvalue weighted by atomic mass is 16.5. The van der Waals surface area contributed by atoms with Crippen molar-refractivity contribution in [3.63, 3.8) is 0 Å². The van der Waals surface area contributed by atoms with Crippen LogP contribution in [0.25, 0.3) is 21.7 Å². The summed E-state index contributed by atoms with van der Waals surface area (Å²) in [4.78, 5) is 29.2. The van der Waals surface area contributed by atoms with E-state index in [1.165, 1.54) is 16.8 Å². The van der Waals surface area contributed by atoms with E-state index < -0.39 is 0 Å². The molecule has 4 aromatic rings. The summed E-state index contributed by atoms with van der Waals surface area (Å²) in [6, 6.07) is 19.1. The molecule has 3 aromatic carbocycles. The molecule has 0 N–H and O–H groups in total. The van der Waals surface area contributed by atoms with E-state index in [1.54, 1.807) is 18.2 Å². The fourth-order valence-corrected chi connectivity index (χ4v) is 4.46. The van der Waals surface area contributed by atoms with E-state index in [9.17, 15) is 9.59 Å². The molecule has 0 bridgehead atoms. The largest absolute Gasteiger partial charge is 0.484 e. The van der Waals surface area contributed by atoms with Crippen molar-refractivity contribution in [2.24, 2.45) is 0 Å². The van der Waals surface area contributed by atoms with E-state index >= 15 is 0 Å². The highest BCUT2D eigenvalue weighted by Gasteiger charge is 2.22. The van der Waals surface area contributed by atoms with Gasteiger partial charge in [0.15, 0.2) is 6.61 Å². The van der Waals surface area contributed by atoms with Crippen molar-refractivity contribution < 1.29 is 13.9 Å². The fourth-order valence-electron chi connectivity index (χ4n) is 4.46. The summed E-state index contributed by atoms with van der Waals surface area (Å²) < 4.78 is 11.2. The third-order valence-electron chi connectivity index (χ3n) is 6.50. The second-order valence-corrected chi connectivity index (χ2v) is 8.47. The molecule has 0 spiro atoms. The first-order chi connectivity index (χ1) is 16.0. The van der Waals surface area contributed by atoms with Crippen molar-refractivity contribution in [1.29, 1.82) is 0 Å². The van der Waals surface area contributed by atoms with Crippen LogP contribution >= 0.6 is 0 Å². The Morgan fingerprint density at radius 2 is 1.67 bits per heavy atom. The molecule has 1 aliphatic rings. The van der Waals surface area contributed by atoms with Crippen LogP contribution < -0.4 is 15.3 Å². The van der Waals surface area contributed by atoms with Gasteiger partial charge < -0.3 is 19.0 Å². The first kappa shape index (κ1) is 21.1. The number of amides is 1. The van der Waals surface area contributed by atoms with Crippen molar-refractivity contribution in [1.82, 2.24) is 4.90 Å². The predicted octanol–water partition coefficient (Wildman–Crippen LogP) is 4.29. The third kappa shape index (κ3) is 4.04. The van der Waals surface area contributed by atoms with Gasteiger partial charge in [-0.25, -0.2) is 4.79 Å². The van der Waals surface area contributed by atoms with E-state index in [0.717, 1.165) is 23.9 Å². The average Bonchev–Trinajstić information content (AvgIpc) is 2.84. The maximum atomic E-state index is 12.7. The van der Waals surface area contributed by atoms with Crippen LogP contribution in [-0.2, 0) is 4.79 Å². The van der Waals surface area contributed by atoms with Gasteiger partial charge in [0.25, 0.3) is 5.91 Å². The van der Waals surface area contributed by atoms with Crippen molar-refractivity contribution in [3.05, 3.63) is 82.2 Å². The van der Waals surface area contributed by atoms with Crippen LogP contribution in [0.1, 0.15) is 11.1 Å². The molecular weight excluding hydrogens is 416 g/mol. The van der Waals surface area contributed by atoms with Gasteiger partial charge >= 0.3 is 5.63 Å². The highest BCUT2D eigenvalue weighted by molar-refractivity contribution is 6.04. The van der Waals surface area contributed by atoms with Crippen LogP contribution in [0.5, 0.6) is 5.75 Å². The first-order valence-corrected chi connectivity index (χ1v) is 11.2. The van der Waals surface area contributed by atoms with Gasteiger partial charge in [-0.2, -0.15) is 0 Å². The molecule has 2 heterocycles. The number of aryl methyl sites for hydroxylation is 1. The zero-order valence-corrected chi connectivity index (χ0v) is 18.8. The highest BCUT2D eigenvalue weighted by Crippen LogP contribution is 2.27. The number of benzene rings is 3. The molecule has 1 aliphatic heterocycles. The molecule has 6 nitrogen and oxygen atoms in total. The van der Waals surface area contributed by atoms with Gasteiger partial charge in [-0.1, -0.05) is 30.3 Å². The number of hydrogen-bond acceptors (Lipinski definition) is 5. The number of anilines is 1. The second-order valence-electron chi connectivity index (χ2n) is 8.47. The van der Waals surface area contributed by atoms with Crippen molar-refractivity contribution in [3.8, 4) is 5.75 Å². The summed E-state index contributed by atoms with van der Waals surface area (Å²) in [7, 11) is 0. The molecule has 1 aromatic heterocycles. The second kappa shape index (κ2) is 8.62. The van der Waals surface area contributed by atoms with Gasteiger partial charge in [-0.05, 0) is 54.6 Å². The Kier molecular flexibility index (Phi) is 5.50. The maximum absolute atomic E-state index is 12.7. The lowest BCUT2D eigenvalue weighted by Crippen LogP contribution is -2.50. The monoisotopic (exact) mass is 442 g/mol. The molecule has 0 atom stereocenters. The Morgan fingerprint density at radius 1 is 0.909 bits per heavy atom. The number of ether oxygens (including phenoxy) is 1. The number of rotatable bonds is 4. The van der Waals surface area contributed by atoms with Gasteiger partial charge in [0.1, 0.15) is 11.3 Å².